The summed E-state index contributed by atoms with van der Waals surface area (Å²) in [5, 5.41) is 1.28. The van der Waals surface area contributed by atoms with Crippen LogP contribution in [0, 0.1) is 6.92 Å². The molecule has 0 spiro atoms. The number of carbonyl (C=O) groups is 1. The molecule has 1 aromatic heterocycles. The van der Waals surface area contributed by atoms with Gasteiger partial charge in [0, 0.05) is 16.5 Å². The minimum Gasteiger partial charge on any atom is -0.418 e. The van der Waals surface area contributed by atoms with E-state index in [-0.39, 0.29) is 11.5 Å². The van der Waals surface area contributed by atoms with Gasteiger partial charge in [0.05, 0.1) is 5.39 Å². The summed E-state index contributed by atoms with van der Waals surface area (Å²) in [7, 11) is 0. The molecule has 20 heavy (non-hydrogen) atoms. The topological polar surface area (TPSA) is 47.3 Å². The monoisotopic (exact) mass is 262 g/mol. The molecule has 0 atom stereocenters. The third-order valence-electron chi connectivity index (χ3n) is 3.73. The number of fused-ring (bicyclic) bond motifs is 5. The molecule has 0 aliphatic heterocycles. The standard InChI is InChI=1S/C17H10O3/c1-9-6-7-11-13(8-9)15(18)16-14(11)10-4-2-3-5-12(10)17(19)20-16/h2-8H,1H3. The Morgan fingerprint density at radius 3 is 2.45 bits per heavy atom. The largest absolute Gasteiger partial charge is 0.418 e. The molecule has 3 heteroatoms. The van der Waals surface area contributed by atoms with Crippen LogP contribution in [-0.4, -0.2) is 5.78 Å². The van der Waals surface area contributed by atoms with Crippen LogP contribution in [0.4, 0.5) is 0 Å². The average Bonchev–Trinajstić information content (AvgIpc) is 2.73. The van der Waals surface area contributed by atoms with Gasteiger partial charge in [-0.2, -0.15) is 0 Å². The Morgan fingerprint density at radius 2 is 1.65 bits per heavy atom. The normalized spacial score (nSPS) is 12.6. The molecule has 0 amide bonds. The van der Waals surface area contributed by atoms with Crippen LogP contribution < -0.4 is 5.63 Å². The van der Waals surface area contributed by atoms with Crippen molar-refractivity contribution < 1.29 is 9.21 Å². The third kappa shape index (κ3) is 1.29. The molecule has 0 unspecified atom stereocenters. The van der Waals surface area contributed by atoms with Gasteiger partial charge in [-0.15, -0.1) is 0 Å². The van der Waals surface area contributed by atoms with Crippen molar-refractivity contribution in [1.82, 2.24) is 0 Å². The SMILES string of the molecule is Cc1ccc2c(c1)C(=O)c1oc(=O)c3ccccc3c1-2. The van der Waals surface area contributed by atoms with Gasteiger partial charge in [0.15, 0.2) is 5.76 Å². The molecule has 0 N–H and O–H groups in total. The maximum absolute atomic E-state index is 12.4. The molecule has 96 valence electrons. The zero-order chi connectivity index (χ0) is 13.9. The molecule has 3 aromatic rings. The molecular weight excluding hydrogens is 252 g/mol. The first kappa shape index (κ1) is 11.2. The highest BCUT2D eigenvalue weighted by molar-refractivity contribution is 6.24. The van der Waals surface area contributed by atoms with E-state index in [1.807, 2.05) is 37.3 Å². The Bertz CT molecular complexity index is 948. The van der Waals surface area contributed by atoms with Crippen molar-refractivity contribution in [1.29, 1.82) is 0 Å². The van der Waals surface area contributed by atoms with Crippen LogP contribution >= 0.6 is 0 Å². The van der Waals surface area contributed by atoms with E-state index in [1.165, 1.54) is 0 Å². The van der Waals surface area contributed by atoms with E-state index in [0.29, 0.717) is 10.9 Å². The fraction of sp³-hybridized carbons (Fsp3) is 0.0588. The zero-order valence-electron chi connectivity index (χ0n) is 10.8. The lowest BCUT2D eigenvalue weighted by molar-refractivity contribution is 0.101. The number of aryl methyl sites for hydroxylation is 1. The molecule has 0 saturated carbocycles. The highest BCUT2D eigenvalue weighted by Gasteiger charge is 2.31. The Balaban J connectivity index is 2.23. The fourth-order valence-corrected chi connectivity index (χ4v) is 2.81. The predicted octanol–water partition coefficient (Wildman–Crippen LogP) is 3.31. The summed E-state index contributed by atoms with van der Waals surface area (Å²) in [5.74, 6) is -0.0455. The van der Waals surface area contributed by atoms with E-state index in [9.17, 15) is 9.59 Å². The molecule has 4 rings (SSSR count). The van der Waals surface area contributed by atoms with E-state index < -0.39 is 5.63 Å². The van der Waals surface area contributed by atoms with Gasteiger partial charge in [-0.25, -0.2) is 4.79 Å². The van der Waals surface area contributed by atoms with E-state index in [2.05, 4.69) is 0 Å². The first-order chi connectivity index (χ1) is 9.66. The summed E-state index contributed by atoms with van der Waals surface area (Å²) < 4.78 is 5.26. The van der Waals surface area contributed by atoms with Crippen molar-refractivity contribution in [3.63, 3.8) is 0 Å². The smallest absolute Gasteiger partial charge is 0.344 e. The van der Waals surface area contributed by atoms with Crippen LogP contribution in [0.5, 0.6) is 0 Å². The van der Waals surface area contributed by atoms with Gasteiger partial charge in [0.1, 0.15) is 0 Å². The molecule has 2 aromatic carbocycles. The summed E-state index contributed by atoms with van der Waals surface area (Å²) in [5.41, 5.74) is 2.74. The molecule has 0 radical (unpaired) electrons. The number of hydrogen-bond donors (Lipinski definition) is 0. The van der Waals surface area contributed by atoms with Crippen LogP contribution in [0.15, 0.2) is 51.7 Å². The van der Waals surface area contributed by atoms with Crippen molar-refractivity contribution in [2.75, 3.05) is 0 Å². The Hall–Kier alpha value is -2.68. The second kappa shape index (κ2) is 3.67. The fourth-order valence-electron chi connectivity index (χ4n) is 2.81. The molecule has 0 bridgehead atoms. The third-order valence-corrected chi connectivity index (χ3v) is 3.73. The number of ketones is 1. The van der Waals surface area contributed by atoms with Crippen LogP contribution in [0.1, 0.15) is 21.7 Å². The maximum Gasteiger partial charge on any atom is 0.344 e. The summed E-state index contributed by atoms with van der Waals surface area (Å²) in [6.07, 6.45) is 0. The molecule has 0 saturated heterocycles. The van der Waals surface area contributed by atoms with Gasteiger partial charge in [-0.05, 0) is 24.6 Å². The first-order valence-electron chi connectivity index (χ1n) is 6.38. The van der Waals surface area contributed by atoms with Gasteiger partial charge >= 0.3 is 5.63 Å². The van der Waals surface area contributed by atoms with Crippen molar-refractivity contribution in [2.45, 2.75) is 6.92 Å². The summed E-state index contributed by atoms with van der Waals surface area (Å²) in [6.45, 7) is 1.94. The van der Waals surface area contributed by atoms with E-state index in [4.69, 9.17) is 4.42 Å². The van der Waals surface area contributed by atoms with Gasteiger partial charge in [0.25, 0.3) is 0 Å². The predicted molar refractivity (Wildman–Crippen MR) is 76.1 cm³/mol. The van der Waals surface area contributed by atoms with Gasteiger partial charge in [-0.3, -0.25) is 4.79 Å². The van der Waals surface area contributed by atoms with Crippen molar-refractivity contribution >= 4 is 16.6 Å². The highest BCUT2D eigenvalue weighted by atomic mass is 16.4. The number of carbonyl (C=O) groups excluding carboxylic acids is 1. The summed E-state index contributed by atoms with van der Waals surface area (Å²) >= 11 is 0. The maximum atomic E-state index is 12.4. The van der Waals surface area contributed by atoms with Crippen molar-refractivity contribution in [3.8, 4) is 11.1 Å². The summed E-state index contributed by atoms with van der Waals surface area (Å²) in [4.78, 5) is 24.4. The second-order valence-corrected chi connectivity index (χ2v) is 5.02. The second-order valence-electron chi connectivity index (χ2n) is 5.02. The van der Waals surface area contributed by atoms with Gasteiger partial charge in [0.2, 0.25) is 5.78 Å². The number of rotatable bonds is 0. The minimum absolute atomic E-state index is 0.161. The Labute approximate surface area is 114 Å². The molecule has 3 nitrogen and oxygen atoms in total. The molecular formula is C17H10O3. The van der Waals surface area contributed by atoms with E-state index >= 15 is 0 Å². The molecule has 1 aliphatic carbocycles. The Kier molecular flexibility index (Phi) is 2.05. The lowest BCUT2D eigenvalue weighted by atomic mass is 10.0. The number of hydrogen-bond acceptors (Lipinski definition) is 3. The van der Waals surface area contributed by atoms with Crippen LogP contribution in [-0.2, 0) is 0 Å². The first-order valence-corrected chi connectivity index (χ1v) is 6.38. The average molecular weight is 262 g/mol. The quantitative estimate of drug-likeness (QED) is 0.488. The lowest BCUT2D eigenvalue weighted by Gasteiger charge is -2.04. The van der Waals surface area contributed by atoms with E-state index in [0.717, 1.165) is 22.1 Å². The van der Waals surface area contributed by atoms with Crippen molar-refractivity contribution in [2.24, 2.45) is 0 Å². The number of benzene rings is 2. The van der Waals surface area contributed by atoms with E-state index in [1.54, 1.807) is 12.1 Å². The van der Waals surface area contributed by atoms with Gasteiger partial charge < -0.3 is 4.42 Å². The van der Waals surface area contributed by atoms with Gasteiger partial charge in [-0.1, -0.05) is 35.9 Å². The molecule has 0 fully saturated rings. The van der Waals surface area contributed by atoms with Crippen LogP contribution in [0.2, 0.25) is 0 Å². The minimum atomic E-state index is -0.461. The Morgan fingerprint density at radius 1 is 0.900 bits per heavy atom. The highest BCUT2D eigenvalue weighted by Crippen LogP contribution is 2.40. The summed E-state index contributed by atoms with van der Waals surface area (Å²) in [6, 6.07) is 12.9. The van der Waals surface area contributed by atoms with Crippen LogP contribution in [0.25, 0.3) is 21.9 Å². The zero-order valence-corrected chi connectivity index (χ0v) is 10.8. The molecule has 1 aliphatic rings. The lowest BCUT2D eigenvalue weighted by Crippen LogP contribution is -2.05. The molecule has 1 heterocycles. The van der Waals surface area contributed by atoms with Crippen molar-refractivity contribution in [3.05, 3.63) is 69.8 Å². The van der Waals surface area contributed by atoms with Crippen LogP contribution in [0.3, 0.4) is 0 Å².